The monoisotopic (exact) mass is 419 g/mol. The summed E-state index contributed by atoms with van der Waals surface area (Å²) in [7, 11) is -3.87. The number of hydrogen-bond acceptors (Lipinski definition) is 4. The number of ether oxygens (including phenoxy) is 1. The third-order valence-corrected chi connectivity index (χ3v) is 7.37. The predicted molar refractivity (Wildman–Crippen MR) is 108 cm³/mol. The van der Waals surface area contributed by atoms with Crippen LogP contribution >= 0.6 is 0 Å². The van der Waals surface area contributed by atoms with Crippen molar-refractivity contribution in [1.29, 1.82) is 0 Å². The third-order valence-electron chi connectivity index (χ3n) is 5.44. The highest BCUT2D eigenvalue weighted by Crippen LogP contribution is 2.37. The number of benzene rings is 2. The van der Waals surface area contributed by atoms with E-state index >= 15 is 0 Å². The molecule has 7 heteroatoms. The summed E-state index contributed by atoms with van der Waals surface area (Å²) in [4.78, 5) is 11.9. The predicted octanol–water partition coefficient (Wildman–Crippen LogP) is 3.96. The number of piperidine rings is 1. The van der Waals surface area contributed by atoms with Gasteiger partial charge in [0.25, 0.3) is 0 Å². The molecule has 0 bridgehead atoms. The van der Waals surface area contributed by atoms with Crippen LogP contribution in [0.2, 0.25) is 0 Å². The summed E-state index contributed by atoms with van der Waals surface area (Å²) in [5.41, 5.74) is 1.05. The van der Waals surface area contributed by atoms with Crippen molar-refractivity contribution in [3.8, 4) is 0 Å². The van der Waals surface area contributed by atoms with Gasteiger partial charge in [-0.1, -0.05) is 42.5 Å². The Morgan fingerprint density at radius 1 is 1.10 bits per heavy atom. The fourth-order valence-electron chi connectivity index (χ4n) is 3.97. The molecular weight excluding hydrogens is 393 g/mol. The van der Waals surface area contributed by atoms with Crippen LogP contribution in [-0.2, 0) is 19.6 Å². The van der Waals surface area contributed by atoms with E-state index in [1.54, 1.807) is 6.92 Å². The van der Waals surface area contributed by atoms with Crippen molar-refractivity contribution in [2.24, 2.45) is 5.92 Å². The number of rotatable bonds is 7. The summed E-state index contributed by atoms with van der Waals surface area (Å²) < 4.78 is 46.2. The fourth-order valence-corrected chi connectivity index (χ4v) is 5.50. The van der Waals surface area contributed by atoms with E-state index in [0.717, 1.165) is 11.6 Å². The molecule has 2 aromatic rings. The van der Waals surface area contributed by atoms with Crippen molar-refractivity contribution in [1.82, 2.24) is 4.31 Å². The van der Waals surface area contributed by atoms with Crippen molar-refractivity contribution in [3.63, 3.8) is 0 Å². The standard InChI is InChI=1S/C22H26FNO4S/c1-2-28-22(25)16-19(17-8-4-3-5-9-17)18-12-14-24(15-13-18)29(26,27)21-11-7-6-10-20(21)23/h3-11,18-19H,2,12-16H2,1H3/t19-/m1/s1. The van der Waals surface area contributed by atoms with Crippen LogP contribution in [0.3, 0.4) is 0 Å². The molecule has 0 aromatic heterocycles. The number of hydrogen-bond donors (Lipinski definition) is 0. The normalized spacial score (nSPS) is 17.0. The second-order valence-electron chi connectivity index (χ2n) is 7.20. The minimum atomic E-state index is -3.87. The molecule has 5 nitrogen and oxygen atoms in total. The van der Waals surface area contributed by atoms with Gasteiger partial charge in [0, 0.05) is 13.1 Å². The van der Waals surface area contributed by atoms with Gasteiger partial charge >= 0.3 is 5.97 Å². The first kappa shape index (κ1) is 21.5. The SMILES string of the molecule is CCOC(=O)C[C@H](c1ccccc1)C1CCN(S(=O)(=O)c2ccccc2F)CC1. The summed E-state index contributed by atoms with van der Waals surface area (Å²) in [6.07, 6.45) is 1.47. The molecule has 0 radical (unpaired) electrons. The van der Waals surface area contributed by atoms with Gasteiger partial charge in [-0.25, -0.2) is 12.8 Å². The van der Waals surface area contributed by atoms with Gasteiger partial charge in [0.05, 0.1) is 13.0 Å². The van der Waals surface area contributed by atoms with Gasteiger partial charge < -0.3 is 4.74 Å². The zero-order valence-electron chi connectivity index (χ0n) is 16.5. The Bertz CT molecular complexity index is 925. The summed E-state index contributed by atoms with van der Waals surface area (Å²) in [6.45, 7) is 2.71. The maximum atomic E-state index is 14.0. The molecule has 156 valence electrons. The van der Waals surface area contributed by atoms with Crippen LogP contribution in [0, 0.1) is 11.7 Å². The molecule has 1 atom stereocenters. The Labute approximate surface area is 171 Å². The Balaban J connectivity index is 1.74. The lowest BCUT2D eigenvalue weighted by Crippen LogP contribution is -2.40. The molecular formula is C22H26FNO4S. The topological polar surface area (TPSA) is 63.7 Å². The number of nitrogens with zero attached hydrogens (tertiary/aromatic N) is 1. The minimum Gasteiger partial charge on any atom is -0.466 e. The van der Waals surface area contributed by atoms with Crippen molar-refractivity contribution in [2.75, 3.05) is 19.7 Å². The molecule has 1 fully saturated rings. The van der Waals surface area contributed by atoms with Crippen LogP contribution in [0.25, 0.3) is 0 Å². The van der Waals surface area contributed by atoms with Crippen LogP contribution in [0.4, 0.5) is 4.39 Å². The lowest BCUT2D eigenvalue weighted by molar-refractivity contribution is -0.144. The van der Waals surface area contributed by atoms with E-state index in [1.165, 1.54) is 22.5 Å². The lowest BCUT2D eigenvalue weighted by atomic mass is 9.78. The molecule has 0 amide bonds. The second-order valence-corrected chi connectivity index (χ2v) is 9.10. The van der Waals surface area contributed by atoms with E-state index in [-0.39, 0.29) is 29.1 Å². The maximum Gasteiger partial charge on any atom is 0.306 e. The molecule has 29 heavy (non-hydrogen) atoms. The minimum absolute atomic E-state index is 0.0337. The fraction of sp³-hybridized carbons (Fsp3) is 0.409. The molecule has 0 saturated carbocycles. The van der Waals surface area contributed by atoms with Gasteiger partial charge in [-0.15, -0.1) is 0 Å². The average molecular weight is 420 g/mol. The highest BCUT2D eigenvalue weighted by atomic mass is 32.2. The van der Waals surface area contributed by atoms with Crippen molar-refractivity contribution >= 4 is 16.0 Å². The molecule has 0 spiro atoms. The van der Waals surface area contributed by atoms with Gasteiger partial charge in [-0.3, -0.25) is 4.79 Å². The van der Waals surface area contributed by atoms with Gasteiger partial charge in [-0.2, -0.15) is 4.31 Å². The van der Waals surface area contributed by atoms with E-state index in [2.05, 4.69) is 0 Å². The summed E-state index contributed by atoms with van der Waals surface area (Å²) >= 11 is 0. The first-order valence-electron chi connectivity index (χ1n) is 9.88. The molecule has 2 aromatic carbocycles. The molecule has 3 rings (SSSR count). The highest BCUT2D eigenvalue weighted by molar-refractivity contribution is 7.89. The van der Waals surface area contributed by atoms with Crippen LogP contribution in [0.1, 0.15) is 37.7 Å². The molecule has 1 saturated heterocycles. The number of carbonyl (C=O) groups excluding carboxylic acids is 1. The van der Waals surface area contributed by atoms with Crippen molar-refractivity contribution in [3.05, 3.63) is 66.0 Å². The van der Waals surface area contributed by atoms with Crippen molar-refractivity contribution < 1.29 is 22.3 Å². The van der Waals surface area contributed by atoms with E-state index in [0.29, 0.717) is 32.5 Å². The molecule has 0 unspecified atom stereocenters. The van der Waals surface area contributed by atoms with E-state index in [4.69, 9.17) is 4.74 Å². The Kier molecular flexibility index (Phi) is 7.03. The average Bonchev–Trinajstić information content (AvgIpc) is 2.73. The van der Waals surface area contributed by atoms with E-state index < -0.39 is 15.8 Å². The number of sulfonamides is 1. The van der Waals surface area contributed by atoms with Gasteiger partial charge in [0.15, 0.2) is 0 Å². The Morgan fingerprint density at radius 2 is 1.72 bits per heavy atom. The van der Waals surface area contributed by atoms with Crippen molar-refractivity contribution in [2.45, 2.75) is 37.0 Å². The van der Waals surface area contributed by atoms with Crippen LogP contribution in [0.5, 0.6) is 0 Å². The number of carbonyl (C=O) groups is 1. The van der Waals surface area contributed by atoms with E-state index in [1.807, 2.05) is 30.3 Å². The van der Waals surface area contributed by atoms with Crippen LogP contribution in [-0.4, -0.2) is 38.4 Å². The number of esters is 1. The summed E-state index contributed by atoms with van der Waals surface area (Å²) in [5, 5.41) is 0. The highest BCUT2D eigenvalue weighted by Gasteiger charge is 2.35. The Morgan fingerprint density at radius 3 is 2.34 bits per heavy atom. The van der Waals surface area contributed by atoms with Gasteiger partial charge in [-0.05, 0) is 49.3 Å². The first-order valence-corrected chi connectivity index (χ1v) is 11.3. The largest absolute Gasteiger partial charge is 0.466 e. The van der Waals surface area contributed by atoms with Gasteiger partial charge in [0.2, 0.25) is 10.0 Å². The molecule has 1 aliphatic rings. The zero-order valence-corrected chi connectivity index (χ0v) is 17.3. The third kappa shape index (κ3) is 5.03. The molecule has 0 aliphatic carbocycles. The molecule has 0 N–H and O–H groups in total. The maximum absolute atomic E-state index is 14.0. The van der Waals surface area contributed by atoms with Crippen LogP contribution in [0.15, 0.2) is 59.5 Å². The quantitative estimate of drug-likeness (QED) is 0.637. The summed E-state index contributed by atoms with van der Waals surface area (Å²) in [6, 6.07) is 15.2. The van der Waals surface area contributed by atoms with Gasteiger partial charge in [0.1, 0.15) is 10.7 Å². The van der Waals surface area contributed by atoms with Crippen LogP contribution < -0.4 is 0 Å². The lowest BCUT2D eigenvalue weighted by Gasteiger charge is -2.35. The zero-order chi connectivity index (χ0) is 20.9. The molecule has 1 aliphatic heterocycles. The first-order chi connectivity index (χ1) is 13.9. The van der Waals surface area contributed by atoms with E-state index in [9.17, 15) is 17.6 Å². The smallest absolute Gasteiger partial charge is 0.306 e. The Hall–Kier alpha value is -2.25. The summed E-state index contributed by atoms with van der Waals surface area (Å²) in [5.74, 6) is -0.871. The molecule has 1 heterocycles. The number of halogens is 1. The second kappa shape index (κ2) is 9.50.